The van der Waals surface area contributed by atoms with Gasteiger partial charge in [-0.1, -0.05) is 28.1 Å². The number of hydrogen-bond acceptors (Lipinski definition) is 6. The number of morpholine rings is 1. The normalized spacial score (nSPS) is 21.1. The van der Waals surface area contributed by atoms with Gasteiger partial charge in [-0.15, -0.1) is 0 Å². The lowest BCUT2D eigenvalue weighted by molar-refractivity contribution is -0.0805. The Morgan fingerprint density at radius 3 is 2.48 bits per heavy atom. The van der Waals surface area contributed by atoms with E-state index in [-0.39, 0.29) is 25.8 Å². The maximum atomic E-state index is 12.7. The maximum absolute atomic E-state index is 12.7. The summed E-state index contributed by atoms with van der Waals surface area (Å²) in [5.41, 5.74) is 0.433. The molecule has 0 unspecified atom stereocenters. The molecule has 0 aliphatic carbocycles. The SMILES string of the molecule is CC(C)(C)OC(=O)N1C[C@H](COS(C)(=O)=O)OC[C@@H]1Cc1ccc(Br)cc1. The Kier molecular flexibility index (Phi) is 7.29. The Balaban J connectivity index is 2.11. The molecule has 1 aromatic carbocycles. The summed E-state index contributed by atoms with van der Waals surface area (Å²) in [6.45, 7) is 5.75. The van der Waals surface area contributed by atoms with Crippen molar-refractivity contribution >= 4 is 32.1 Å². The fourth-order valence-corrected chi connectivity index (χ4v) is 3.33. The smallest absolute Gasteiger partial charge is 0.410 e. The largest absolute Gasteiger partial charge is 0.444 e. The molecule has 1 aliphatic rings. The van der Waals surface area contributed by atoms with Crippen LogP contribution in [0.5, 0.6) is 0 Å². The number of ether oxygens (including phenoxy) is 2. The number of carbonyl (C=O) groups excluding carboxylic acids is 1. The summed E-state index contributed by atoms with van der Waals surface area (Å²) < 4.78 is 39.5. The van der Waals surface area contributed by atoms with Crippen molar-refractivity contribution in [1.29, 1.82) is 0 Å². The lowest BCUT2D eigenvalue weighted by Crippen LogP contribution is -2.55. The van der Waals surface area contributed by atoms with E-state index in [9.17, 15) is 13.2 Å². The van der Waals surface area contributed by atoms with Crippen molar-refractivity contribution < 1.29 is 26.9 Å². The number of nitrogens with zero attached hydrogens (tertiary/aromatic N) is 1. The van der Waals surface area contributed by atoms with Gasteiger partial charge in [0.15, 0.2) is 0 Å². The highest BCUT2D eigenvalue weighted by molar-refractivity contribution is 9.10. The molecule has 1 aromatic rings. The molecule has 1 aliphatic heterocycles. The predicted molar refractivity (Wildman–Crippen MR) is 105 cm³/mol. The molecule has 0 aromatic heterocycles. The summed E-state index contributed by atoms with van der Waals surface area (Å²) in [5.74, 6) is 0. The molecule has 2 rings (SSSR count). The number of carbonyl (C=O) groups is 1. The summed E-state index contributed by atoms with van der Waals surface area (Å²) in [6, 6.07) is 7.64. The van der Waals surface area contributed by atoms with Gasteiger partial charge in [-0.25, -0.2) is 4.79 Å². The van der Waals surface area contributed by atoms with Crippen molar-refractivity contribution in [2.45, 2.75) is 44.9 Å². The van der Waals surface area contributed by atoms with Crippen LogP contribution in [-0.2, 0) is 30.2 Å². The predicted octanol–water partition coefficient (Wildman–Crippen LogP) is 2.97. The van der Waals surface area contributed by atoms with Gasteiger partial charge in [0.1, 0.15) is 11.7 Å². The minimum Gasteiger partial charge on any atom is -0.444 e. The third-order valence-electron chi connectivity index (χ3n) is 3.85. The van der Waals surface area contributed by atoms with Gasteiger partial charge in [-0.3, -0.25) is 9.08 Å². The Hall–Kier alpha value is -1.16. The molecular weight excluding hydrogens is 438 g/mol. The number of benzene rings is 1. The van der Waals surface area contributed by atoms with Crippen LogP contribution in [0.2, 0.25) is 0 Å². The van der Waals surface area contributed by atoms with Gasteiger partial charge in [0.05, 0.1) is 32.1 Å². The van der Waals surface area contributed by atoms with Crippen LogP contribution >= 0.6 is 15.9 Å². The van der Waals surface area contributed by atoms with Gasteiger partial charge in [0.2, 0.25) is 0 Å². The molecule has 1 amide bonds. The Labute approximate surface area is 169 Å². The molecular formula is C18H26BrNO6S. The second-order valence-electron chi connectivity index (χ2n) is 7.56. The molecule has 0 N–H and O–H groups in total. The summed E-state index contributed by atoms with van der Waals surface area (Å²) >= 11 is 3.41. The van der Waals surface area contributed by atoms with E-state index < -0.39 is 27.9 Å². The van der Waals surface area contributed by atoms with Crippen LogP contribution in [0.15, 0.2) is 28.7 Å². The van der Waals surface area contributed by atoms with E-state index in [1.54, 1.807) is 25.7 Å². The Morgan fingerprint density at radius 1 is 1.30 bits per heavy atom. The highest BCUT2D eigenvalue weighted by atomic mass is 79.9. The minimum absolute atomic E-state index is 0.136. The molecule has 152 valence electrons. The topological polar surface area (TPSA) is 82.1 Å². The quantitative estimate of drug-likeness (QED) is 0.624. The first-order chi connectivity index (χ1) is 12.4. The lowest BCUT2D eigenvalue weighted by atomic mass is 10.0. The monoisotopic (exact) mass is 463 g/mol. The van der Waals surface area contributed by atoms with Crippen LogP contribution in [-0.4, -0.2) is 63.2 Å². The molecule has 0 radical (unpaired) electrons. The molecule has 2 atom stereocenters. The molecule has 0 spiro atoms. The zero-order chi connectivity index (χ0) is 20.2. The van der Waals surface area contributed by atoms with Gasteiger partial charge in [0, 0.05) is 4.47 Å². The van der Waals surface area contributed by atoms with Gasteiger partial charge in [-0.2, -0.15) is 8.42 Å². The van der Waals surface area contributed by atoms with Crippen molar-refractivity contribution in [3.8, 4) is 0 Å². The summed E-state index contributed by atoms with van der Waals surface area (Å²) in [7, 11) is -3.58. The van der Waals surface area contributed by atoms with E-state index in [0.29, 0.717) is 6.42 Å². The molecule has 27 heavy (non-hydrogen) atoms. The summed E-state index contributed by atoms with van der Waals surface area (Å²) in [6.07, 6.45) is 0.606. The average molecular weight is 464 g/mol. The van der Waals surface area contributed by atoms with E-state index in [0.717, 1.165) is 16.3 Å². The summed E-state index contributed by atoms with van der Waals surface area (Å²) in [5, 5.41) is 0. The highest BCUT2D eigenvalue weighted by Crippen LogP contribution is 2.21. The lowest BCUT2D eigenvalue weighted by Gasteiger charge is -2.40. The van der Waals surface area contributed by atoms with E-state index in [1.807, 2.05) is 24.3 Å². The van der Waals surface area contributed by atoms with E-state index in [2.05, 4.69) is 15.9 Å². The summed E-state index contributed by atoms with van der Waals surface area (Å²) in [4.78, 5) is 14.3. The molecule has 0 saturated carbocycles. The molecule has 0 bridgehead atoms. The van der Waals surface area contributed by atoms with E-state index in [4.69, 9.17) is 13.7 Å². The Morgan fingerprint density at radius 2 is 1.93 bits per heavy atom. The maximum Gasteiger partial charge on any atom is 0.410 e. The first kappa shape index (κ1) is 22.1. The van der Waals surface area contributed by atoms with Gasteiger partial charge in [0.25, 0.3) is 10.1 Å². The number of hydrogen-bond donors (Lipinski definition) is 0. The fraction of sp³-hybridized carbons (Fsp3) is 0.611. The van der Waals surface area contributed by atoms with Gasteiger partial charge in [-0.05, 0) is 44.9 Å². The van der Waals surface area contributed by atoms with Crippen molar-refractivity contribution in [3.63, 3.8) is 0 Å². The average Bonchev–Trinajstić information content (AvgIpc) is 2.53. The van der Waals surface area contributed by atoms with Crippen LogP contribution in [0.4, 0.5) is 4.79 Å². The van der Waals surface area contributed by atoms with Crippen molar-refractivity contribution in [1.82, 2.24) is 4.90 Å². The number of rotatable bonds is 5. The van der Waals surface area contributed by atoms with Crippen LogP contribution in [0.1, 0.15) is 26.3 Å². The first-order valence-corrected chi connectivity index (χ1v) is 11.2. The Bertz CT molecular complexity index is 744. The highest BCUT2D eigenvalue weighted by Gasteiger charge is 2.35. The molecule has 9 heteroatoms. The van der Waals surface area contributed by atoms with Crippen molar-refractivity contribution in [3.05, 3.63) is 34.3 Å². The third-order valence-corrected chi connectivity index (χ3v) is 4.94. The number of amides is 1. The fourth-order valence-electron chi connectivity index (χ4n) is 2.66. The molecule has 7 nitrogen and oxygen atoms in total. The third kappa shape index (κ3) is 7.77. The standard InChI is InChI=1S/C18H26BrNO6S/c1-18(2,3)26-17(21)20-10-16(12-25-27(4,22)23)24-11-15(20)9-13-5-7-14(19)8-6-13/h5-8,15-16H,9-12H2,1-4H3/t15-,16+/m0/s1. The van der Waals surface area contributed by atoms with E-state index in [1.165, 1.54) is 0 Å². The molecule has 1 saturated heterocycles. The molecule has 1 heterocycles. The zero-order valence-electron chi connectivity index (χ0n) is 16.0. The number of halogens is 1. The van der Waals surface area contributed by atoms with Gasteiger partial charge >= 0.3 is 6.09 Å². The van der Waals surface area contributed by atoms with E-state index >= 15 is 0 Å². The van der Waals surface area contributed by atoms with Gasteiger partial charge < -0.3 is 9.47 Å². The second-order valence-corrected chi connectivity index (χ2v) is 10.1. The zero-order valence-corrected chi connectivity index (χ0v) is 18.4. The minimum atomic E-state index is -3.58. The second kappa shape index (κ2) is 8.89. The van der Waals surface area contributed by atoms with Crippen molar-refractivity contribution in [2.24, 2.45) is 0 Å². The molecule has 1 fully saturated rings. The first-order valence-electron chi connectivity index (χ1n) is 8.63. The van der Waals surface area contributed by atoms with Crippen LogP contribution < -0.4 is 0 Å². The van der Waals surface area contributed by atoms with Crippen LogP contribution in [0.3, 0.4) is 0 Å². The van der Waals surface area contributed by atoms with Crippen LogP contribution in [0.25, 0.3) is 0 Å². The van der Waals surface area contributed by atoms with Crippen LogP contribution in [0, 0.1) is 0 Å². The van der Waals surface area contributed by atoms with Crippen molar-refractivity contribution in [2.75, 3.05) is 26.0 Å².